The molecule has 0 radical (unpaired) electrons. The summed E-state index contributed by atoms with van der Waals surface area (Å²) in [5.41, 5.74) is 6.33. The lowest BCUT2D eigenvalue weighted by Gasteiger charge is -2.11. The molecule has 0 aliphatic rings. The summed E-state index contributed by atoms with van der Waals surface area (Å²) >= 11 is 11.1. The van der Waals surface area contributed by atoms with Crippen LogP contribution in [0.4, 0.5) is 0 Å². The highest BCUT2D eigenvalue weighted by molar-refractivity contribution is 7.80. The molecule has 0 saturated carbocycles. The molecule has 1 aromatic rings. The number of hydrogen-bond donors (Lipinski definition) is 1. The average molecular weight is 314 g/mol. The van der Waals surface area contributed by atoms with Gasteiger partial charge in [-0.05, 0) is 18.6 Å². The second kappa shape index (κ2) is 10.0. The second-order valence-corrected chi connectivity index (χ2v) is 5.79. The van der Waals surface area contributed by atoms with Gasteiger partial charge in [0, 0.05) is 0 Å². The highest BCUT2D eigenvalue weighted by atomic mass is 35.5. The molecule has 4 heteroatoms. The molecule has 0 amide bonds. The summed E-state index contributed by atoms with van der Waals surface area (Å²) in [6.07, 6.45) is 8.83. The summed E-state index contributed by atoms with van der Waals surface area (Å²) < 4.78 is 5.76. The third-order valence-corrected chi connectivity index (χ3v) is 3.75. The number of benzene rings is 1. The van der Waals surface area contributed by atoms with Crippen LogP contribution < -0.4 is 10.5 Å². The molecular formula is C16H24ClNOS. The van der Waals surface area contributed by atoms with Crippen molar-refractivity contribution in [2.24, 2.45) is 5.73 Å². The lowest BCUT2D eigenvalue weighted by Crippen LogP contribution is -2.12. The number of nitrogens with two attached hydrogens (primary N) is 1. The molecule has 1 rings (SSSR count). The summed E-state index contributed by atoms with van der Waals surface area (Å²) in [7, 11) is 0. The fraction of sp³-hybridized carbons (Fsp3) is 0.562. The molecule has 2 nitrogen and oxygen atoms in total. The van der Waals surface area contributed by atoms with Crippen molar-refractivity contribution in [3.05, 3.63) is 28.8 Å². The number of halogens is 1. The fourth-order valence-corrected chi connectivity index (χ4v) is 2.64. The van der Waals surface area contributed by atoms with Gasteiger partial charge < -0.3 is 10.5 Å². The maximum Gasteiger partial charge on any atom is 0.130 e. The van der Waals surface area contributed by atoms with Crippen LogP contribution in [0.5, 0.6) is 5.75 Å². The van der Waals surface area contributed by atoms with Crippen LogP contribution in [0.3, 0.4) is 0 Å². The van der Waals surface area contributed by atoms with Gasteiger partial charge in [0.25, 0.3) is 0 Å². The van der Waals surface area contributed by atoms with Gasteiger partial charge in [0.2, 0.25) is 0 Å². The van der Waals surface area contributed by atoms with E-state index in [4.69, 9.17) is 34.3 Å². The van der Waals surface area contributed by atoms with Crippen molar-refractivity contribution in [3.8, 4) is 5.75 Å². The van der Waals surface area contributed by atoms with Gasteiger partial charge in [0.05, 0.1) is 17.2 Å². The van der Waals surface area contributed by atoms with Gasteiger partial charge in [0.15, 0.2) is 0 Å². The maximum absolute atomic E-state index is 6.09. The Morgan fingerprint density at radius 3 is 2.45 bits per heavy atom. The SMILES string of the molecule is CCCCCCCCCOc1cccc(Cl)c1C(N)=S. The molecule has 0 heterocycles. The van der Waals surface area contributed by atoms with E-state index in [0.29, 0.717) is 22.9 Å². The molecule has 0 unspecified atom stereocenters. The Morgan fingerprint density at radius 2 is 1.80 bits per heavy atom. The monoisotopic (exact) mass is 313 g/mol. The number of rotatable bonds is 10. The minimum atomic E-state index is 0.283. The van der Waals surface area contributed by atoms with Gasteiger partial charge in [-0.15, -0.1) is 0 Å². The largest absolute Gasteiger partial charge is 0.493 e. The van der Waals surface area contributed by atoms with E-state index in [2.05, 4.69) is 6.92 Å². The Bertz CT molecular complexity index is 423. The molecule has 0 atom stereocenters. The lowest BCUT2D eigenvalue weighted by atomic mass is 10.1. The molecule has 0 saturated heterocycles. The first-order valence-corrected chi connectivity index (χ1v) is 8.16. The summed E-state index contributed by atoms with van der Waals surface area (Å²) in [6, 6.07) is 5.49. The summed E-state index contributed by atoms with van der Waals surface area (Å²) in [6.45, 7) is 2.92. The lowest BCUT2D eigenvalue weighted by molar-refractivity contribution is 0.304. The third-order valence-electron chi connectivity index (χ3n) is 3.23. The minimum absolute atomic E-state index is 0.283. The zero-order valence-electron chi connectivity index (χ0n) is 12.2. The molecule has 0 spiro atoms. The Kier molecular flexibility index (Phi) is 8.63. The quantitative estimate of drug-likeness (QED) is 0.482. The smallest absolute Gasteiger partial charge is 0.130 e. The number of ether oxygens (including phenoxy) is 1. The van der Waals surface area contributed by atoms with Crippen molar-refractivity contribution < 1.29 is 4.74 Å². The fourth-order valence-electron chi connectivity index (χ4n) is 2.11. The van der Waals surface area contributed by atoms with E-state index in [-0.39, 0.29) is 4.99 Å². The van der Waals surface area contributed by atoms with Crippen LogP contribution in [0.15, 0.2) is 18.2 Å². The average Bonchev–Trinajstić information content (AvgIpc) is 2.41. The second-order valence-electron chi connectivity index (χ2n) is 4.95. The predicted molar refractivity (Wildman–Crippen MR) is 90.8 cm³/mol. The first-order chi connectivity index (χ1) is 9.66. The van der Waals surface area contributed by atoms with E-state index >= 15 is 0 Å². The van der Waals surface area contributed by atoms with Gasteiger partial charge in [0.1, 0.15) is 10.7 Å². The molecule has 0 bridgehead atoms. The van der Waals surface area contributed by atoms with E-state index in [0.717, 1.165) is 6.42 Å². The van der Waals surface area contributed by atoms with E-state index < -0.39 is 0 Å². The number of unbranched alkanes of at least 4 members (excludes halogenated alkanes) is 6. The molecule has 20 heavy (non-hydrogen) atoms. The van der Waals surface area contributed by atoms with E-state index in [1.807, 2.05) is 12.1 Å². The normalized spacial score (nSPS) is 10.5. The number of hydrogen-bond acceptors (Lipinski definition) is 2. The molecular weight excluding hydrogens is 290 g/mol. The van der Waals surface area contributed by atoms with E-state index in [1.165, 1.54) is 38.5 Å². The van der Waals surface area contributed by atoms with Crippen LogP contribution in [0.1, 0.15) is 57.4 Å². The van der Waals surface area contributed by atoms with Gasteiger partial charge in [-0.2, -0.15) is 0 Å². The van der Waals surface area contributed by atoms with Crippen molar-refractivity contribution >= 4 is 28.8 Å². The minimum Gasteiger partial charge on any atom is -0.493 e. The molecule has 1 aromatic carbocycles. The molecule has 0 aliphatic heterocycles. The van der Waals surface area contributed by atoms with Crippen LogP contribution in [-0.2, 0) is 0 Å². The van der Waals surface area contributed by atoms with Crippen LogP contribution in [0, 0.1) is 0 Å². The Morgan fingerprint density at radius 1 is 1.15 bits per heavy atom. The zero-order valence-corrected chi connectivity index (χ0v) is 13.7. The van der Waals surface area contributed by atoms with Crippen LogP contribution in [0.25, 0.3) is 0 Å². The molecule has 0 aromatic heterocycles. The molecule has 0 aliphatic carbocycles. The summed E-state index contributed by atoms with van der Waals surface area (Å²) in [5.74, 6) is 0.691. The Labute approximate surface area is 132 Å². The van der Waals surface area contributed by atoms with Crippen molar-refractivity contribution in [1.29, 1.82) is 0 Å². The van der Waals surface area contributed by atoms with Crippen molar-refractivity contribution in [3.63, 3.8) is 0 Å². The van der Waals surface area contributed by atoms with Crippen LogP contribution in [-0.4, -0.2) is 11.6 Å². The van der Waals surface area contributed by atoms with Gasteiger partial charge in [-0.25, -0.2) is 0 Å². The van der Waals surface area contributed by atoms with Crippen LogP contribution >= 0.6 is 23.8 Å². The highest BCUT2D eigenvalue weighted by Crippen LogP contribution is 2.26. The van der Waals surface area contributed by atoms with Crippen molar-refractivity contribution in [1.82, 2.24) is 0 Å². The highest BCUT2D eigenvalue weighted by Gasteiger charge is 2.10. The predicted octanol–water partition coefficient (Wildman–Crippen LogP) is 5.10. The first-order valence-electron chi connectivity index (χ1n) is 7.38. The molecule has 112 valence electrons. The summed E-state index contributed by atoms with van der Waals surface area (Å²) in [4.78, 5) is 0.283. The zero-order chi connectivity index (χ0) is 14.8. The third kappa shape index (κ3) is 6.10. The van der Waals surface area contributed by atoms with Gasteiger partial charge in [-0.1, -0.05) is 75.3 Å². The maximum atomic E-state index is 6.09. The Balaban J connectivity index is 2.29. The standard InChI is InChI=1S/C16H24ClNOS/c1-2-3-4-5-6-7-8-12-19-14-11-9-10-13(17)15(14)16(18)20/h9-11H,2-8,12H2,1H3,(H2,18,20). The van der Waals surface area contributed by atoms with E-state index in [9.17, 15) is 0 Å². The van der Waals surface area contributed by atoms with Gasteiger partial charge >= 0.3 is 0 Å². The number of thiocarbonyl (C=S) groups is 1. The first kappa shape index (κ1) is 17.3. The topological polar surface area (TPSA) is 35.2 Å². The molecule has 2 N–H and O–H groups in total. The Hall–Kier alpha value is -0.800. The van der Waals surface area contributed by atoms with Crippen LogP contribution in [0.2, 0.25) is 5.02 Å². The molecule has 0 fully saturated rings. The van der Waals surface area contributed by atoms with Crippen molar-refractivity contribution in [2.75, 3.05) is 6.61 Å². The summed E-state index contributed by atoms with van der Waals surface area (Å²) in [5, 5.41) is 0.551. The van der Waals surface area contributed by atoms with E-state index in [1.54, 1.807) is 6.07 Å². The van der Waals surface area contributed by atoms with Gasteiger partial charge in [-0.3, -0.25) is 0 Å². The van der Waals surface area contributed by atoms with Crippen molar-refractivity contribution in [2.45, 2.75) is 51.9 Å².